The zero-order chi connectivity index (χ0) is 16.6. The Bertz CT molecular complexity index is 388. The first kappa shape index (κ1) is 20.4. The van der Waals surface area contributed by atoms with E-state index in [1.165, 1.54) is 76.8 Å². The Balaban J connectivity index is 1.82. The predicted octanol–water partition coefficient (Wildman–Crippen LogP) is 6.86. The summed E-state index contributed by atoms with van der Waals surface area (Å²) in [6.45, 7) is 2.28. The van der Waals surface area contributed by atoms with Crippen LogP contribution in [0, 0.1) is 0 Å². The van der Waals surface area contributed by atoms with Crippen molar-refractivity contribution < 1.29 is 4.79 Å². The van der Waals surface area contributed by atoms with E-state index in [0.717, 1.165) is 20.3 Å². The second-order valence-corrected chi connectivity index (χ2v) is 7.86. The third-order valence-corrected chi connectivity index (χ3v) is 5.62. The molecule has 130 valence electrons. The molecule has 0 aromatic heterocycles. The summed E-state index contributed by atoms with van der Waals surface area (Å²) >= 11 is 0. The minimum Gasteiger partial charge on any atom is -0.294 e. The zero-order valence-electron chi connectivity index (χ0n) is 15.0. The van der Waals surface area contributed by atoms with E-state index in [2.05, 4.69) is 6.92 Å². The van der Waals surface area contributed by atoms with E-state index in [1.807, 2.05) is 30.3 Å². The minimum atomic E-state index is 0.312. The van der Waals surface area contributed by atoms with Crippen molar-refractivity contribution in [2.75, 3.05) is 12.3 Å². The van der Waals surface area contributed by atoms with Crippen molar-refractivity contribution in [3.63, 3.8) is 0 Å². The number of ketones is 1. The van der Waals surface area contributed by atoms with Gasteiger partial charge in [0.15, 0.2) is 5.78 Å². The van der Waals surface area contributed by atoms with Crippen LogP contribution in [-0.2, 0) is 0 Å². The number of carbonyl (C=O) groups is 1. The van der Waals surface area contributed by atoms with Crippen LogP contribution in [0.5, 0.6) is 0 Å². The molecule has 1 unspecified atom stereocenters. The fraction of sp³-hybridized carbons (Fsp3) is 0.667. The largest absolute Gasteiger partial charge is 0.294 e. The van der Waals surface area contributed by atoms with E-state index in [0.29, 0.717) is 5.78 Å². The predicted molar refractivity (Wildman–Crippen MR) is 105 cm³/mol. The fourth-order valence-electron chi connectivity index (χ4n) is 2.84. The van der Waals surface area contributed by atoms with Gasteiger partial charge in [0, 0.05) is 11.7 Å². The van der Waals surface area contributed by atoms with Gasteiger partial charge in [0.05, 0.1) is 0 Å². The fourth-order valence-corrected chi connectivity index (χ4v) is 3.95. The molecule has 0 aliphatic heterocycles. The van der Waals surface area contributed by atoms with E-state index in [-0.39, 0.29) is 0 Å². The molecule has 0 fully saturated rings. The SMILES string of the molecule is CCCCCCCCCCCCCPCC(=O)c1ccccc1. The monoisotopic (exact) mass is 334 g/mol. The summed E-state index contributed by atoms with van der Waals surface area (Å²) in [6, 6.07) is 9.70. The summed E-state index contributed by atoms with van der Waals surface area (Å²) in [4.78, 5) is 12.0. The van der Waals surface area contributed by atoms with Crippen LogP contribution < -0.4 is 0 Å². The summed E-state index contributed by atoms with van der Waals surface area (Å²) in [5.41, 5.74) is 0.874. The molecule has 1 atom stereocenters. The van der Waals surface area contributed by atoms with Crippen LogP contribution in [0.15, 0.2) is 30.3 Å². The smallest absolute Gasteiger partial charge is 0.166 e. The van der Waals surface area contributed by atoms with E-state index >= 15 is 0 Å². The molecule has 0 N–H and O–H groups in total. The van der Waals surface area contributed by atoms with E-state index in [4.69, 9.17) is 0 Å². The van der Waals surface area contributed by atoms with Gasteiger partial charge in [0.2, 0.25) is 0 Å². The maximum Gasteiger partial charge on any atom is 0.166 e. The number of Topliss-reactive ketones (excluding diaryl/α,β-unsaturated/α-hetero) is 1. The Hall–Kier alpha value is -0.680. The van der Waals surface area contributed by atoms with Crippen molar-refractivity contribution in [2.45, 2.75) is 77.6 Å². The first-order valence-electron chi connectivity index (χ1n) is 9.63. The molecular weight excluding hydrogens is 299 g/mol. The average Bonchev–Trinajstić information content (AvgIpc) is 2.59. The molecule has 1 aromatic rings. The number of hydrogen-bond acceptors (Lipinski definition) is 1. The lowest BCUT2D eigenvalue weighted by Crippen LogP contribution is -2.01. The minimum absolute atomic E-state index is 0.312. The molecule has 0 radical (unpaired) electrons. The van der Waals surface area contributed by atoms with Gasteiger partial charge in [0.25, 0.3) is 0 Å². The van der Waals surface area contributed by atoms with E-state index in [1.54, 1.807) is 0 Å². The van der Waals surface area contributed by atoms with Crippen LogP contribution in [0.1, 0.15) is 87.9 Å². The van der Waals surface area contributed by atoms with Crippen LogP contribution in [0.2, 0.25) is 0 Å². The molecule has 2 heteroatoms. The lowest BCUT2D eigenvalue weighted by Gasteiger charge is -2.03. The molecule has 0 spiro atoms. The highest BCUT2D eigenvalue weighted by molar-refractivity contribution is 7.39. The summed E-state index contributed by atoms with van der Waals surface area (Å²) in [5, 5.41) is 0. The summed E-state index contributed by atoms with van der Waals surface area (Å²) < 4.78 is 0. The molecule has 0 aliphatic carbocycles. The zero-order valence-corrected chi connectivity index (χ0v) is 16.0. The van der Waals surface area contributed by atoms with Crippen LogP contribution >= 0.6 is 8.58 Å². The molecule has 0 aliphatic rings. The molecule has 0 saturated carbocycles. The van der Waals surface area contributed by atoms with Crippen LogP contribution in [0.25, 0.3) is 0 Å². The molecular formula is C21H35OP. The normalized spacial score (nSPS) is 11.3. The van der Waals surface area contributed by atoms with Crippen molar-refractivity contribution in [3.8, 4) is 0 Å². The number of benzene rings is 1. The van der Waals surface area contributed by atoms with Gasteiger partial charge in [-0.2, -0.15) is 0 Å². The van der Waals surface area contributed by atoms with Gasteiger partial charge < -0.3 is 0 Å². The highest BCUT2D eigenvalue weighted by atomic mass is 31.1. The maximum atomic E-state index is 12.0. The number of carbonyl (C=O) groups excluding carboxylic acids is 1. The highest BCUT2D eigenvalue weighted by Crippen LogP contribution is 2.17. The van der Waals surface area contributed by atoms with Crippen molar-refractivity contribution in [3.05, 3.63) is 35.9 Å². The molecule has 1 nitrogen and oxygen atoms in total. The topological polar surface area (TPSA) is 17.1 Å². The van der Waals surface area contributed by atoms with Crippen LogP contribution in [-0.4, -0.2) is 18.1 Å². The van der Waals surface area contributed by atoms with Crippen LogP contribution in [0.4, 0.5) is 0 Å². The average molecular weight is 334 g/mol. The summed E-state index contributed by atoms with van der Waals surface area (Å²) in [5.74, 6) is 0.312. The third-order valence-electron chi connectivity index (χ3n) is 4.34. The standard InChI is InChI=1S/C21H35OP/c1-2-3-4-5-6-7-8-9-10-11-15-18-23-19-21(22)20-16-13-12-14-17-20/h12-14,16-17,23H,2-11,15,18-19H2,1H3. The number of hydrogen-bond donors (Lipinski definition) is 0. The van der Waals surface area contributed by atoms with E-state index in [9.17, 15) is 4.79 Å². The molecule has 0 heterocycles. The summed E-state index contributed by atoms with van der Waals surface area (Å²) in [7, 11) is 0.800. The van der Waals surface area contributed by atoms with Crippen LogP contribution in [0.3, 0.4) is 0 Å². The first-order valence-corrected chi connectivity index (χ1v) is 11.0. The Morgan fingerprint density at radius 3 is 1.87 bits per heavy atom. The quantitative estimate of drug-likeness (QED) is 0.194. The number of rotatable bonds is 15. The Kier molecular flexibility index (Phi) is 13.2. The lowest BCUT2D eigenvalue weighted by molar-refractivity contribution is 0.102. The summed E-state index contributed by atoms with van der Waals surface area (Å²) in [6.07, 6.45) is 17.3. The van der Waals surface area contributed by atoms with Crippen molar-refractivity contribution in [1.29, 1.82) is 0 Å². The molecule has 0 saturated heterocycles. The Morgan fingerprint density at radius 2 is 1.30 bits per heavy atom. The number of unbranched alkanes of at least 4 members (excludes halogenated alkanes) is 10. The molecule has 1 rings (SSSR count). The van der Waals surface area contributed by atoms with Gasteiger partial charge in [-0.05, 0) is 12.6 Å². The lowest BCUT2D eigenvalue weighted by atomic mass is 10.1. The second kappa shape index (κ2) is 14.9. The highest BCUT2D eigenvalue weighted by Gasteiger charge is 2.03. The third kappa shape index (κ3) is 11.5. The molecule has 23 heavy (non-hydrogen) atoms. The first-order chi connectivity index (χ1) is 11.3. The van der Waals surface area contributed by atoms with Crippen molar-refractivity contribution >= 4 is 14.4 Å². The Morgan fingerprint density at radius 1 is 0.783 bits per heavy atom. The molecule has 0 amide bonds. The van der Waals surface area contributed by atoms with Gasteiger partial charge in [-0.15, -0.1) is 8.58 Å². The Labute approximate surface area is 145 Å². The van der Waals surface area contributed by atoms with Gasteiger partial charge in [-0.1, -0.05) is 101 Å². The van der Waals surface area contributed by atoms with Crippen molar-refractivity contribution in [2.24, 2.45) is 0 Å². The van der Waals surface area contributed by atoms with Gasteiger partial charge in [-0.3, -0.25) is 4.79 Å². The molecule has 1 aromatic carbocycles. The van der Waals surface area contributed by atoms with E-state index < -0.39 is 0 Å². The van der Waals surface area contributed by atoms with Gasteiger partial charge >= 0.3 is 0 Å². The van der Waals surface area contributed by atoms with Gasteiger partial charge in [0.1, 0.15) is 0 Å². The second-order valence-electron chi connectivity index (χ2n) is 6.50. The maximum absolute atomic E-state index is 12.0. The molecule has 0 bridgehead atoms. The van der Waals surface area contributed by atoms with Gasteiger partial charge in [-0.25, -0.2) is 0 Å². The van der Waals surface area contributed by atoms with Crippen molar-refractivity contribution in [1.82, 2.24) is 0 Å².